The van der Waals surface area contributed by atoms with Crippen molar-refractivity contribution in [1.29, 1.82) is 0 Å². The minimum Gasteiger partial charge on any atom is -0.497 e. The lowest BCUT2D eigenvalue weighted by molar-refractivity contribution is -0.137. The van der Waals surface area contributed by atoms with Gasteiger partial charge in [0.1, 0.15) is 11.5 Å². The summed E-state index contributed by atoms with van der Waals surface area (Å²) in [7, 11) is 3.07. The first-order valence-electron chi connectivity index (χ1n) is 10.0. The molecule has 0 saturated carbocycles. The van der Waals surface area contributed by atoms with Crippen molar-refractivity contribution in [3.05, 3.63) is 90.0 Å². The van der Waals surface area contributed by atoms with E-state index in [1.54, 1.807) is 43.5 Å². The van der Waals surface area contributed by atoms with Crippen LogP contribution in [0.25, 0.3) is 6.08 Å². The van der Waals surface area contributed by atoms with Crippen LogP contribution in [-0.4, -0.2) is 26.8 Å². The largest absolute Gasteiger partial charge is 0.497 e. The molecule has 0 aliphatic rings. The third kappa shape index (κ3) is 6.29. The maximum absolute atomic E-state index is 13.1. The zero-order valence-electron chi connectivity index (χ0n) is 18.1. The SMILES string of the molecule is COc1cccc(NC(=O)N(C/C=C/c2ccccc2OC)c2ccc(C(F)(F)F)cc2)c1. The van der Waals surface area contributed by atoms with Crippen LogP contribution >= 0.6 is 0 Å². The average Bonchev–Trinajstić information content (AvgIpc) is 2.81. The minimum atomic E-state index is -4.46. The molecule has 0 fully saturated rings. The van der Waals surface area contributed by atoms with Gasteiger partial charge in [-0.15, -0.1) is 0 Å². The number of para-hydroxylation sites is 1. The Morgan fingerprint density at radius 1 is 0.970 bits per heavy atom. The number of ether oxygens (including phenoxy) is 2. The Hall–Kier alpha value is -3.94. The number of nitrogens with zero attached hydrogens (tertiary/aromatic N) is 1. The Morgan fingerprint density at radius 2 is 1.70 bits per heavy atom. The van der Waals surface area contributed by atoms with Crippen LogP contribution in [0.1, 0.15) is 11.1 Å². The van der Waals surface area contributed by atoms with Crippen LogP contribution in [0.3, 0.4) is 0 Å². The predicted molar refractivity (Wildman–Crippen MR) is 123 cm³/mol. The van der Waals surface area contributed by atoms with Crippen LogP contribution in [0.4, 0.5) is 29.3 Å². The van der Waals surface area contributed by atoms with E-state index in [0.29, 0.717) is 22.9 Å². The van der Waals surface area contributed by atoms with Gasteiger partial charge in [0, 0.05) is 29.5 Å². The van der Waals surface area contributed by atoms with Gasteiger partial charge in [-0.3, -0.25) is 4.90 Å². The molecular weight excluding hydrogens is 433 g/mol. The summed E-state index contributed by atoms with van der Waals surface area (Å²) in [4.78, 5) is 14.4. The van der Waals surface area contributed by atoms with Crippen molar-refractivity contribution in [2.24, 2.45) is 0 Å². The van der Waals surface area contributed by atoms with Crippen molar-refractivity contribution in [3.8, 4) is 11.5 Å². The summed E-state index contributed by atoms with van der Waals surface area (Å²) in [6, 6.07) is 18.1. The standard InChI is InChI=1S/C25H23F3N2O3/c1-32-22-10-5-9-20(17-22)29-24(31)30(21-14-12-19(13-15-21)25(26,27)28)16-6-8-18-7-3-4-11-23(18)33-2/h3-15,17H,16H2,1-2H3,(H,29,31)/b8-6+. The van der Waals surface area contributed by atoms with Crippen molar-refractivity contribution in [2.45, 2.75) is 6.18 Å². The van der Waals surface area contributed by atoms with E-state index in [9.17, 15) is 18.0 Å². The zero-order valence-corrected chi connectivity index (χ0v) is 18.1. The Morgan fingerprint density at radius 3 is 2.36 bits per heavy atom. The second-order valence-electron chi connectivity index (χ2n) is 6.96. The normalized spacial score (nSPS) is 11.3. The summed E-state index contributed by atoms with van der Waals surface area (Å²) in [6.45, 7) is 0.110. The molecule has 0 saturated heterocycles. The molecule has 33 heavy (non-hydrogen) atoms. The maximum Gasteiger partial charge on any atom is 0.416 e. The number of alkyl halides is 3. The first kappa shape index (κ1) is 23.7. The Labute approximate surface area is 190 Å². The van der Waals surface area contributed by atoms with Gasteiger partial charge in [0.25, 0.3) is 0 Å². The highest BCUT2D eigenvalue weighted by atomic mass is 19.4. The molecule has 172 valence electrons. The number of anilines is 2. The molecule has 3 aromatic rings. The van der Waals surface area contributed by atoms with Gasteiger partial charge >= 0.3 is 12.2 Å². The molecule has 0 heterocycles. The summed E-state index contributed by atoms with van der Waals surface area (Å²) in [6.07, 6.45) is -0.939. The van der Waals surface area contributed by atoms with E-state index in [1.807, 2.05) is 24.3 Å². The number of urea groups is 1. The predicted octanol–water partition coefficient (Wildman–Crippen LogP) is 6.47. The smallest absolute Gasteiger partial charge is 0.416 e. The molecule has 1 N–H and O–H groups in total. The molecule has 0 unspecified atom stereocenters. The summed E-state index contributed by atoms with van der Waals surface area (Å²) in [5.41, 5.74) is 0.822. The number of amides is 2. The number of carbonyl (C=O) groups is 1. The third-order valence-corrected chi connectivity index (χ3v) is 4.80. The van der Waals surface area contributed by atoms with E-state index < -0.39 is 17.8 Å². The molecule has 0 aromatic heterocycles. The van der Waals surface area contributed by atoms with Gasteiger partial charge in [-0.25, -0.2) is 4.79 Å². The van der Waals surface area contributed by atoms with Crippen LogP contribution in [-0.2, 0) is 6.18 Å². The summed E-state index contributed by atoms with van der Waals surface area (Å²) in [5.74, 6) is 1.22. The van der Waals surface area contributed by atoms with Crippen molar-refractivity contribution in [2.75, 3.05) is 31.0 Å². The number of hydrogen-bond donors (Lipinski definition) is 1. The monoisotopic (exact) mass is 456 g/mol. The van der Waals surface area contributed by atoms with Crippen LogP contribution < -0.4 is 19.7 Å². The molecule has 0 aliphatic carbocycles. The van der Waals surface area contributed by atoms with Gasteiger partial charge in [-0.05, 0) is 42.5 Å². The van der Waals surface area contributed by atoms with Gasteiger partial charge in [0.2, 0.25) is 0 Å². The highest BCUT2D eigenvalue weighted by Gasteiger charge is 2.30. The number of benzene rings is 3. The molecular formula is C25H23F3N2O3. The van der Waals surface area contributed by atoms with Crippen LogP contribution in [0.2, 0.25) is 0 Å². The Kier molecular flexibility index (Phi) is 7.61. The average molecular weight is 456 g/mol. The Bertz CT molecular complexity index is 1110. The van der Waals surface area contributed by atoms with E-state index in [2.05, 4.69) is 5.32 Å². The van der Waals surface area contributed by atoms with Crippen molar-refractivity contribution in [3.63, 3.8) is 0 Å². The number of nitrogens with one attached hydrogen (secondary N) is 1. The van der Waals surface area contributed by atoms with Crippen molar-refractivity contribution >= 4 is 23.5 Å². The fourth-order valence-corrected chi connectivity index (χ4v) is 3.12. The molecule has 5 nitrogen and oxygen atoms in total. The number of halogens is 3. The van der Waals surface area contributed by atoms with E-state index in [-0.39, 0.29) is 6.54 Å². The van der Waals surface area contributed by atoms with Gasteiger partial charge in [-0.1, -0.05) is 36.4 Å². The number of hydrogen-bond acceptors (Lipinski definition) is 3. The Balaban J connectivity index is 1.86. The van der Waals surface area contributed by atoms with Crippen molar-refractivity contribution < 1.29 is 27.4 Å². The first-order chi connectivity index (χ1) is 15.8. The quantitative estimate of drug-likeness (QED) is 0.443. The zero-order chi connectivity index (χ0) is 23.8. The fourth-order valence-electron chi connectivity index (χ4n) is 3.12. The van der Waals surface area contributed by atoms with Crippen LogP contribution in [0.15, 0.2) is 78.9 Å². The second kappa shape index (κ2) is 10.6. The van der Waals surface area contributed by atoms with Crippen LogP contribution in [0.5, 0.6) is 11.5 Å². The summed E-state index contributed by atoms with van der Waals surface area (Å²) < 4.78 is 49.4. The molecule has 2 amide bonds. The van der Waals surface area contributed by atoms with Gasteiger partial charge in [0.15, 0.2) is 0 Å². The van der Waals surface area contributed by atoms with E-state index in [1.165, 1.54) is 24.1 Å². The third-order valence-electron chi connectivity index (χ3n) is 4.80. The van der Waals surface area contributed by atoms with Gasteiger partial charge in [0.05, 0.1) is 19.8 Å². The molecule has 0 spiro atoms. The molecule has 0 aliphatic heterocycles. The lowest BCUT2D eigenvalue weighted by Crippen LogP contribution is -2.35. The van der Waals surface area contributed by atoms with E-state index in [4.69, 9.17) is 9.47 Å². The molecule has 0 radical (unpaired) electrons. The topological polar surface area (TPSA) is 50.8 Å². The summed E-state index contributed by atoms with van der Waals surface area (Å²) in [5, 5.41) is 2.76. The first-order valence-corrected chi connectivity index (χ1v) is 10.0. The minimum absolute atomic E-state index is 0.110. The highest BCUT2D eigenvalue weighted by molar-refractivity contribution is 6.02. The highest BCUT2D eigenvalue weighted by Crippen LogP contribution is 2.31. The van der Waals surface area contributed by atoms with Crippen molar-refractivity contribution in [1.82, 2.24) is 0 Å². The molecule has 8 heteroatoms. The number of methoxy groups -OCH3 is 2. The number of carbonyl (C=O) groups excluding carboxylic acids is 1. The van der Waals surface area contributed by atoms with Crippen LogP contribution in [0, 0.1) is 0 Å². The lowest BCUT2D eigenvalue weighted by Gasteiger charge is -2.22. The fraction of sp³-hybridized carbons (Fsp3) is 0.160. The molecule has 0 bridgehead atoms. The van der Waals surface area contributed by atoms with E-state index >= 15 is 0 Å². The van der Waals surface area contributed by atoms with Gasteiger partial charge < -0.3 is 14.8 Å². The van der Waals surface area contributed by atoms with Gasteiger partial charge in [-0.2, -0.15) is 13.2 Å². The van der Waals surface area contributed by atoms with E-state index in [0.717, 1.165) is 17.7 Å². The molecule has 3 rings (SSSR count). The molecule has 3 aromatic carbocycles. The lowest BCUT2D eigenvalue weighted by atomic mass is 10.1. The second-order valence-corrected chi connectivity index (χ2v) is 6.96. The summed E-state index contributed by atoms with van der Waals surface area (Å²) >= 11 is 0. The maximum atomic E-state index is 13.1. The molecule has 0 atom stereocenters. The number of rotatable bonds is 7.